The highest BCUT2D eigenvalue weighted by Gasteiger charge is 2.34. The van der Waals surface area contributed by atoms with E-state index in [9.17, 15) is 4.79 Å². The highest BCUT2D eigenvalue weighted by Crippen LogP contribution is 2.25. The van der Waals surface area contributed by atoms with E-state index in [1.54, 1.807) is 7.11 Å². The Hall–Kier alpha value is -1.55. The van der Waals surface area contributed by atoms with Gasteiger partial charge in [0.15, 0.2) is 0 Å². The monoisotopic (exact) mass is 290 g/mol. The fourth-order valence-corrected chi connectivity index (χ4v) is 2.87. The van der Waals surface area contributed by atoms with Gasteiger partial charge in [-0.2, -0.15) is 0 Å². The summed E-state index contributed by atoms with van der Waals surface area (Å²) in [6.45, 7) is 0.684. The van der Waals surface area contributed by atoms with Crippen LogP contribution in [0.2, 0.25) is 0 Å². The van der Waals surface area contributed by atoms with Crippen molar-refractivity contribution in [2.45, 2.75) is 50.5 Å². The minimum atomic E-state index is -0.627. The second-order valence-electron chi connectivity index (χ2n) is 5.92. The van der Waals surface area contributed by atoms with E-state index in [4.69, 9.17) is 10.5 Å². The lowest BCUT2D eigenvalue weighted by molar-refractivity contribution is -0.127. The highest BCUT2D eigenvalue weighted by molar-refractivity contribution is 5.86. The van der Waals surface area contributed by atoms with Crippen molar-refractivity contribution in [1.29, 1.82) is 0 Å². The molecule has 0 spiro atoms. The van der Waals surface area contributed by atoms with Gasteiger partial charge < -0.3 is 15.8 Å². The molecule has 4 heteroatoms. The molecule has 3 N–H and O–H groups in total. The number of amides is 1. The minimum Gasteiger partial charge on any atom is -0.497 e. The van der Waals surface area contributed by atoms with E-state index in [0.717, 1.165) is 44.3 Å². The average Bonchev–Trinajstić information content (AvgIpc) is 2.52. The maximum Gasteiger partial charge on any atom is 0.240 e. The van der Waals surface area contributed by atoms with E-state index in [-0.39, 0.29) is 5.91 Å². The molecular weight excluding hydrogens is 264 g/mol. The fraction of sp³-hybridized carbons (Fsp3) is 0.588. The fourth-order valence-electron chi connectivity index (χ4n) is 2.87. The first-order valence-corrected chi connectivity index (χ1v) is 7.84. The van der Waals surface area contributed by atoms with Crippen LogP contribution in [0.4, 0.5) is 0 Å². The van der Waals surface area contributed by atoms with Crippen molar-refractivity contribution >= 4 is 5.91 Å². The van der Waals surface area contributed by atoms with Gasteiger partial charge in [0.1, 0.15) is 5.75 Å². The number of aryl methyl sites for hydroxylation is 1. The van der Waals surface area contributed by atoms with Crippen molar-refractivity contribution in [3.05, 3.63) is 29.8 Å². The Morgan fingerprint density at radius 3 is 2.52 bits per heavy atom. The van der Waals surface area contributed by atoms with Crippen LogP contribution in [0, 0.1) is 0 Å². The molecule has 1 fully saturated rings. The van der Waals surface area contributed by atoms with Crippen LogP contribution in [0.25, 0.3) is 0 Å². The average molecular weight is 290 g/mol. The van der Waals surface area contributed by atoms with Gasteiger partial charge in [0.25, 0.3) is 0 Å². The first-order chi connectivity index (χ1) is 10.1. The van der Waals surface area contributed by atoms with Gasteiger partial charge in [-0.05, 0) is 43.4 Å². The summed E-state index contributed by atoms with van der Waals surface area (Å²) in [5.41, 5.74) is 6.83. The molecule has 1 aromatic rings. The predicted molar refractivity (Wildman–Crippen MR) is 84.3 cm³/mol. The molecule has 0 atom stereocenters. The van der Waals surface area contributed by atoms with Crippen LogP contribution in [-0.4, -0.2) is 25.1 Å². The van der Waals surface area contributed by atoms with Crippen LogP contribution in [0.3, 0.4) is 0 Å². The third kappa shape index (κ3) is 4.46. The van der Waals surface area contributed by atoms with Crippen molar-refractivity contribution < 1.29 is 9.53 Å². The van der Waals surface area contributed by atoms with Gasteiger partial charge in [-0.25, -0.2) is 0 Å². The number of benzene rings is 1. The van der Waals surface area contributed by atoms with Gasteiger partial charge in [-0.15, -0.1) is 0 Å². The number of hydrogen-bond acceptors (Lipinski definition) is 3. The first-order valence-electron chi connectivity index (χ1n) is 7.84. The van der Waals surface area contributed by atoms with Gasteiger partial charge in [-0.3, -0.25) is 4.79 Å². The van der Waals surface area contributed by atoms with Crippen LogP contribution in [0.15, 0.2) is 24.3 Å². The number of carbonyl (C=O) groups excluding carboxylic acids is 1. The van der Waals surface area contributed by atoms with Crippen LogP contribution < -0.4 is 15.8 Å². The van der Waals surface area contributed by atoms with E-state index in [1.807, 2.05) is 12.1 Å². The van der Waals surface area contributed by atoms with Crippen molar-refractivity contribution in [3.8, 4) is 5.75 Å². The van der Waals surface area contributed by atoms with Gasteiger partial charge in [0.2, 0.25) is 5.91 Å². The zero-order chi connectivity index (χ0) is 15.1. The Balaban J connectivity index is 1.70. The second kappa shape index (κ2) is 7.46. The predicted octanol–water partition coefficient (Wildman–Crippen LogP) is 2.41. The van der Waals surface area contributed by atoms with Crippen molar-refractivity contribution in [1.82, 2.24) is 5.32 Å². The maximum absolute atomic E-state index is 12.2. The topological polar surface area (TPSA) is 64.3 Å². The first kappa shape index (κ1) is 15.8. The van der Waals surface area contributed by atoms with E-state index in [0.29, 0.717) is 6.54 Å². The Morgan fingerprint density at radius 2 is 1.90 bits per heavy atom. The summed E-state index contributed by atoms with van der Waals surface area (Å²) >= 11 is 0. The summed E-state index contributed by atoms with van der Waals surface area (Å²) in [5, 5.41) is 3.00. The molecule has 0 unspecified atom stereocenters. The molecule has 2 rings (SSSR count). The Kier molecular flexibility index (Phi) is 5.62. The van der Waals surface area contributed by atoms with Crippen molar-refractivity contribution in [2.24, 2.45) is 5.73 Å². The smallest absolute Gasteiger partial charge is 0.240 e. The third-order valence-corrected chi connectivity index (χ3v) is 4.28. The largest absolute Gasteiger partial charge is 0.497 e. The Bertz CT molecular complexity index is 450. The molecule has 116 valence electrons. The van der Waals surface area contributed by atoms with Crippen LogP contribution >= 0.6 is 0 Å². The number of ether oxygens (including phenoxy) is 1. The van der Waals surface area contributed by atoms with Gasteiger partial charge in [0, 0.05) is 6.54 Å². The van der Waals surface area contributed by atoms with Crippen molar-refractivity contribution in [3.63, 3.8) is 0 Å². The summed E-state index contributed by atoms with van der Waals surface area (Å²) in [6, 6.07) is 8.05. The number of methoxy groups -OCH3 is 1. The zero-order valence-electron chi connectivity index (χ0n) is 12.9. The number of nitrogens with two attached hydrogens (primary N) is 1. The molecule has 0 heterocycles. The van der Waals surface area contributed by atoms with E-state index >= 15 is 0 Å². The molecule has 0 saturated heterocycles. The van der Waals surface area contributed by atoms with Crippen LogP contribution in [0.5, 0.6) is 5.75 Å². The van der Waals surface area contributed by atoms with Gasteiger partial charge in [0.05, 0.1) is 12.6 Å². The van der Waals surface area contributed by atoms with E-state index < -0.39 is 5.54 Å². The highest BCUT2D eigenvalue weighted by atomic mass is 16.5. The molecule has 4 nitrogen and oxygen atoms in total. The van der Waals surface area contributed by atoms with E-state index in [1.165, 1.54) is 12.0 Å². The molecule has 0 aliphatic heterocycles. The van der Waals surface area contributed by atoms with Crippen LogP contribution in [-0.2, 0) is 11.2 Å². The number of hydrogen-bond donors (Lipinski definition) is 2. The zero-order valence-corrected chi connectivity index (χ0v) is 12.9. The molecule has 1 aliphatic rings. The number of carbonyl (C=O) groups is 1. The molecule has 0 radical (unpaired) electrons. The summed E-state index contributed by atoms with van der Waals surface area (Å²) in [5.74, 6) is 0.895. The molecule has 1 saturated carbocycles. The second-order valence-corrected chi connectivity index (χ2v) is 5.92. The Morgan fingerprint density at radius 1 is 1.24 bits per heavy atom. The van der Waals surface area contributed by atoms with E-state index in [2.05, 4.69) is 17.4 Å². The molecule has 1 aliphatic carbocycles. The summed E-state index contributed by atoms with van der Waals surface area (Å²) in [6.07, 6.45) is 6.83. The molecule has 1 amide bonds. The molecule has 0 aromatic heterocycles. The third-order valence-electron chi connectivity index (χ3n) is 4.28. The molecule has 1 aromatic carbocycles. The minimum absolute atomic E-state index is 0.0249. The van der Waals surface area contributed by atoms with Gasteiger partial charge in [-0.1, -0.05) is 31.4 Å². The molecule has 0 bridgehead atoms. The molecule has 21 heavy (non-hydrogen) atoms. The lowest BCUT2D eigenvalue weighted by atomic mass is 9.82. The standard InChI is InChI=1S/C17H26N2O2/c1-21-15-9-7-14(8-10-15)6-5-13-19-16(20)17(18)11-3-2-4-12-17/h7-10H,2-6,11-13,18H2,1H3,(H,19,20). The van der Waals surface area contributed by atoms with Crippen LogP contribution in [0.1, 0.15) is 44.1 Å². The number of rotatable bonds is 6. The SMILES string of the molecule is COc1ccc(CCCNC(=O)C2(N)CCCCC2)cc1. The lowest BCUT2D eigenvalue weighted by Gasteiger charge is -2.31. The Labute approximate surface area is 127 Å². The maximum atomic E-state index is 12.2. The summed E-state index contributed by atoms with van der Waals surface area (Å²) in [4.78, 5) is 12.2. The lowest BCUT2D eigenvalue weighted by Crippen LogP contribution is -2.55. The molecular formula is C17H26N2O2. The summed E-state index contributed by atoms with van der Waals surface area (Å²) in [7, 11) is 1.67. The summed E-state index contributed by atoms with van der Waals surface area (Å²) < 4.78 is 5.13. The number of nitrogens with one attached hydrogen (secondary N) is 1. The quantitative estimate of drug-likeness (QED) is 0.791. The van der Waals surface area contributed by atoms with Gasteiger partial charge >= 0.3 is 0 Å². The normalized spacial score (nSPS) is 17.2. The van der Waals surface area contributed by atoms with Crippen molar-refractivity contribution in [2.75, 3.05) is 13.7 Å².